The normalized spacial score (nSPS) is 11.4. The number of carbonyl (C=O) groups excluding carboxylic acids is 1. The Balaban J connectivity index is 1.85. The predicted molar refractivity (Wildman–Crippen MR) is 131 cm³/mol. The van der Waals surface area contributed by atoms with Gasteiger partial charge in [0.15, 0.2) is 5.13 Å². The first-order valence-electron chi connectivity index (χ1n) is 9.93. The molecule has 3 rings (SSSR count). The summed E-state index contributed by atoms with van der Waals surface area (Å²) in [5.41, 5.74) is 2.28. The van der Waals surface area contributed by atoms with Crippen LogP contribution in [0.4, 0.5) is 5.13 Å². The van der Waals surface area contributed by atoms with Gasteiger partial charge in [-0.2, -0.15) is 0 Å². The van der Waals surface area contributed by atoms with Crippen molar-refractivity contribution in [2.75, 3.05) is 17.2 Å². The van der Waals surface area contributed by atoms with Crippen molar-refractivity contribution in [1.82, 2.24) is 9.71 Å². The topological polar surface area (TPSA) is 79.4 Å². The van der Waals surface area contributed by atoms with Gasteiger partial charge in [-0.1, -0.05) is 47.5 Å². The van der Waals surface area contributed by atoms with E-state index in [0.717, 1.165) is 17.5 Å². The molecule has 10 heteroatoms. The van der Waals surface area contributed by atoms with Crippen LogP contribution < -0.4 is 9.62 Å². The summed E-state index contributed by atoms with van der Waals surface area (Å²) in [5, 5.41) is 1.98. The molecule has 0 radical (unpaired) electrons. The van der Waals surface area contributed by atoms with Gasteiger partial charge in [0.25, 0.3) is 5.91 Å². The van der Waals surface area contributed by atoms with E-state index in [2.05, 4.69) is 14.6 Å². The maximum Gasteiger partial charge on any atom is 0.284 e. The summed E-state index contributed by atoms with van der Waals surface area (Å²) >= 11 is 13.4. The number of aromatic nitrogens is 1. The number of aryl methyl sites for hydroxylation is 1. The van der Waals surface area contributed by atoms with Gasteiger partial charge in [-0.05, 0) is 55.7 Å². The molecule has 170 valence electrons. The summed E-state index contributed by atoms with van der Waals surface area (Å²) < 4.78 is 25.7. The summed E-state index contributed by atoms with van der Waals surface area (Å²) in [6, 6.07) is 15.2. The number of rotatable bonds is 9. The van der Waals surface area contributed by atoms with E-state index in [-0.39, 0.29) is 11.4 Å². The molecule has 0 spiro atoms. The Morgan fingerprint density at radius 1 is 1.03 bits per heavy atom. The van der Waals surface area contributed by atoms with Crippen molar-refractivity contribution in [3.63, 3.8) is 0 Å². The van der Waals surface area contributed by atoms with Crippen LogP contribution in [-0.2, 0) is 23.0 Å². The Bertz CT molecular complexity index is 1180. The zero-order valence-electron chi connectivity index (χ0n) is 17.6. The van der Waals surface area contributed by atoms with Gasteiger partial charge in [0.1, 0.15) is 5.69 Å². The van der Waals surface area contributed by atoms with Crippen molar-refractivity contribution in [2.45, 2.75) is 26.8 Å². The maximum absolute atomic E-state index is 12.5. The second-order valence-electron chi connectivity index (χ2n) is 7.16. The van der Waals surface area contributed by atoms with Crippen LogP contribution in [0.2, 0.25) is 10.0 Å². The highest BCUT2D eigenvalue weighted by Crippen LogP contribution is 2.28. The minimum atomic E-state index is -3.67. The Morgan fingerprint density at radius 2 is 1.59 bits per heavy atom. The van der Waals surface area contributed by atoms with E-state index in [1.165, 1.54) is 18.3 Å². The molecule has 0 saturated carbocycles. The standard InChI is InChI=1S/C22H23Cl2N3O3S2/c1-3-32(29,30)26-21(28)20-15(2)31-22(25-20)27(14-17-6-10-19(24)11-7-17)13-12-16-4-8-18(23)9-5-16/h4-11H,3,12-14H2,1-2H3,(H,26,28). The summed E-state index contributed by atoms with van der Waals surface area (Å²) in [4.78, 5) is 19.7. The van der Waals surface area contributed by atoms with E-state index in [4.69, 9.17) is 23.2 Å². The molecule has 1 N–H and O–H groups in total. The van der Waals surface area contributed by atoms with Crippen LogP contribution in [0.25, 0.3) is 0 Å². The number of halogens is 2. The van der Waals surface area contributed by atoms with Gasteiger partial charge in [0.2, 0.25) is 10.0 Å². The molecule has 2 aromatic carbocycles. The molecule has 0 unspecified atom stereocenters. The average Bonchev–Trinajstić information content (AvgIpc) is 3.15. The van der Waals surface area contributed by atoms with Gasteiger partial charge in [-0.15, -0.1) is 11.3 Å². The zero-order valence-corrected chi connectivity index (χ0v) is 20.8. The molecule has 0 aliphatic carbocycles. The first kappa shape index (κ1) is 24.5. The first-order valence-corrected chi connectivity index (χ1v) is 13.2. The lowest BCUT2D eigenvalue weighted by Gasteiger charge is -2.22. The molecule has 0 saturated heterocycles. The third-order valence-electron chi connectivity index (χ3n) is 4.77. The molecule has 0 fully saturated rings. The number of hydrogen-bond acceptors (Lipinski definition) is 6. The van der Waals surface area contributed by atoms with Crippen LogP contribution in [0, 0.1) is 6.92 Å². The fourth-order valence-electron chi connectivity index (χ4n) is 2.96. The van der Waals surface area contributed by atoms with E-state index in [9.17, 15) is 13.2 Å². The molecule has 0 aliphatic heterocycles. The Morgan fingerprint density at radius 3 is 2.16 bits per heavy atom. The Labute approximate surface area is 202 Å². The quantitative estimate of drug-likeness (QED) is 0.432. The number of sulfonamides is 1. The lowest BCUT2D eigenvalue weighted by molar-refractivity contribution is 0.0977. The van der Waals surface area contributed by atoms with Crippen LogP contribution in [0.5, 0.6) is 0 Å². The van der Waals surface area contributed by atoms with E-state index in [0.29, 0.717) is 33.1 Å². The van der Waals surface area contributed by atoms with Crippen LogP contribution >= 0.6 is 34.5 Å². The minimum absolute atomic E-state index is 0.120. The molecular weight excluding hydrogens is 489 g/mol. The molecule has 3 aromatic rings. The van der Waals surface area contributed by atoms with Crippen LogP contribution in [0.3, 0.4) is 0 Å². The lowest BCUT2D eigenvalue weighted by atomic mass is 10.1. The van der Waals surface area contributed by atoms with Crippen molar-refractivity contribution in [3.05, 3.63) is 80.3 Å². The lowest BCUT2D eigenvalue weighted by Crippen LogP contribution is -2.32. The van der Waals surface area contributed by atoms with Gasteiger partial charge in [-0.25, -0.2) is 18.1 Å². The summed E-state index contributed by atoms with van der Waals surface area (Å²) in [7, 11) is -3.67. The molecular formula is C22H23Cl2N3O3S2. The van der Waals surface area contributed by atoms with E-state index in [1.54, 1.807) is 6.92 Å². The summed E-state index contributed by atoms with van der Waals surface area (Å²) in [5.74, 6) is -0.894. The number of hydrogen-bond donors (Lipinski definition) is 1. The number of nitrogens with zero attached hydrogens (tertiary/aromatic N) is 2. The SMILES string of the molecule is CCS(=O)(=O)NC(=O)c1nc(N(CCc2ccc(Cl)cc2)Cc2ccc(Cl)cc2)sc1C. The minimum Gasteiger partial charge on any atom is -0.343 e. The fraction of sp³-hybridized carbons (Fsp3) is 0.273. The van der Waals surface area contributed by atoms with E-state index < -0.39 is 15.9 Å². The van der Waals surface area contributed by atoms with Crippen molar-refractivity contribution in [2.24, 2.45) is 0 Å². The molecule has 0 aliphatic rings. The molecule has 1 amide bonds. The van der Waals surface area contributed by atoms with Crippen LogP contribution in [-0.4, -0.2) is 31.6 Å². The Hall–Kier alpha value is -2.13. The van der Waals surface area contributed by atoms with Crippen LogP contribution in [0.15, 0.2) is 48.5 Å². The molecule has 32 heavy (non-hydrogen) atoms. The van der Waals surface area contributed by atoms with Crippen molar-refractivity contribution in [1.29, 1.82) is 0 Å². The van der Waals surface area contributed by atoms with Gasteiger partial charge < -0.3 is 4.90 Å². The monoisotopic (exact) mass is 511 g/mol. The highest BCUT2D eigenvalue weighted by molar-refractivity contribution is 7.90. The van der Waals surface area contributed by atoms with E-state index in [1.807, 2.05) is 48.5 Å². The van der Waals surface area contributed by atoms with Gasteiger partial charge in [0.05, 0.1) is 5.75 Å². The third kappa shape index (κ3) is 6.68. The number of nitrogens with one attached hydrogen (secondary N) is 1. The second kappa shape index (κ2) is 10.7. The molecule has 6 nitrogen and oxygen atoms in total. The van der Waals surface area contributed by atoms with Gasteiger partial charge in [-0.3, -0.25) is 4.79 Å². The van der Waals surface area contributed by atoms with Gasteiger partial charge >= 0.3 is 0 Å². The fourth-order valence-corrected chi connectivity index (χ4v) is 4.66. The van der Waals surface area contributed by atoms with Gasteiger partial charge in [0, 0.05) is 28.0 Å². The van der Waals surface area contributed by atoms with Crippen molar-refractivity contribution < 1.29 is 13.2 Å². The summed E-state index contributed by atoms with van der Waals surface area (Å²) in [6.45, 7) is 4.44. The molecule has 0 bridgehead atoms. The van der Waals surface area contributed by atoms with E-state index >= 15 is 0 Å². The second-order valence-corrected chi connectivity index (χ2v) is 11.2. The average molecular weight is 512 g/mol. The maximum atomic E-state index is 12.5. The highest BCUT2D eigenvalue weighted by Gasteiger charge is 2.22. The van der Waals surface area contributed by atoms with Crippen molar-refractivity contribution in [3.8, 4) is 0 Å². The smallest absolute Gasteiger partial charge is 0.284 e. The third-order valence-corrected chi connectivity index (χ3v) is 7.56. The Kier molecular flexibility index (Phi) is 8.16. The predicted octanol–water partition coefficient (Wildman–Crippen LogP) is 5.09. The number of thiazole rings is 1. The molecule has 0 atom stereocenters. The number of anilines is 1. The van der Waals surface area contributed by atoms with Crippen LogP contribution in [0.1, 0.15) is 33.4 Å². The first-order chi connectivity index (χ1) is 15.2. The molecule has 1 aromatic heterocycles. The number of carbonyl (C=O) groups is 1. The molecule has 1 heterocycles. The largest absolute Gasteiger partial charge is 0.343 e. The number of benzene rings is 2. The summed E-state index contributed by atoms with van der Waals surface area (Å²) in [6.07, 6.45) is 0.745. The highest BCUT2D eigenvalue weighted by atomic mass is 35.5. The zero-order chi connectivity index (χ0) is 23.3. The van der Waals surface area contributed by atoms with Crippen molar-refractivity contribution >= 4 is 55.6 Å². The number of amides is 1.